The van der Waals surface area contributed by atoms with Gasteiger partial charge < -0.3 is 0 Å². The SMILES string of the molecule is CCCCC(=O)C#Cc1ccc(F)c(F)c1. The van der Waals surface area contributed by atoms with E-state index in [-0.39, 0.29) is 5.78 Å². The molecule has 0 amide bonds. The first kappa shape index (κ1) is 12.4. The van der Waals surface area contributed by atoms with Crippen LogP contribution in [0, 0.1) is 23.5 Å². The topological polar surface area (TPSA) is 17.1 Å². The average Bonchev–Trinajstić information content (AvgIpc) is 2.28. The summed E-state index contributed by atoms with van der Waals surface area (Å²) in [5.41, 5.74) is 0.309. The fraction of sp³-hybridized carbons (Fsp3) is 0.308. The second-order valence-electron chi connectivity index (χ2n) is 3.41. The first-order valence-corrected chi connectivity index (χ1v) is 5.13. The highest BCUT2D eigenvalue weighted by atomic mass is 19.2. The molecule has 0 aliphatic rings. The van der Waals surface area contributed by atoms with Crippen LogP contribution in [-0.4, -0.2) is 5.78 Å². The molecule has 1 rings (SSSR count). The third kappa shape index (κ3) is 3.82. The van der Waals surface area contributed by atoms with Crippen LogP contribution in [0.4, 0.5) is 8.78 Å². The molecule has 0 unspecified atom stereocenters. The molecule has 84 valence electrons. The lowest BCUT2D eigenvalue weighted by molar-refractivity contribution is -0.113. The van der Waals surface area contributed by atoms with Gasteiger partial charge in [-0.3, -0.25) is 4.79 Å². The van der Waals surface area contributed by atoms with Crippen LogP contribution in [-0.2, 0) is 4.79 Å². The maximum absolute atomic E-state index is 12.8. The molecule has 0 aliphatic heterocycles. The van der Waals surface area contributed by atoms with Crippen LogP contribution in [0.3, 0.4) is 0 Å². The van der Waals surface area contributed by atoms with Crippen LogP contribution in [0.5, 0.6) is 0 Å². The van der Waals surface area contributed by atoms with Crippen molar-refractivity contribution in [1.82, 2.24) is 0 Å². The predicted molar refractivity (Wildman–Crippen MR) is 57.8 cm³/mol. The molecule has 1 aromatic carbocycles. The number of halogens is 2. The largest absolute Gasteiger partial charge is 0.285 e. The molecular formula is C13H12F2O. The lowest BCUT2D eigenvalue weighted by Crippen LogP contribution is -1.92. The Labute approximate surface area is 93.5 Å². The Kier molecular flexibility index (Phi) is 4.65. The zero-order valence-corrected chi connectivity index (χ0v) is 9.02. The van der Waals surface area contributed by atoms with E-state index < -0.39 is 11.6 Å². The van der Waals surface area contributed by atoms with Gasteiger partial charge in [0.2, 0.25) is 5.78 Å². The minimum Gasteiger partial charge on any atom is -0.285 e. The van der Waals surface area contributed by atoms with E-state index in [0.717, 1.165) is 25.0 Å². The molecular weight excluding hydrogens is 210 g/mol. The molecule has 0 saturated heterocycles. The van der Waals surface area contributed by atoms with Gasteiger partial charge in [0.15, 0.2) is 11.6 Å². The highest BCUT2D eigenvalue weighted by molar-refractivity contribution is 5.95. The summed E-state index contributed by atoms with van der Waals surface area (Å²) >= 11 is 0. The van der Waals surface area contributed by atoms with Crippen LogP contribution in [0.15, 0.2) is 18.2 Å². The van der Waals surface area contributed by atoms with Crippen molar-refractivity contribution in [2.75, 3.05) is 0 Å². The standard InChI is InChI=1S/C13H12F2O/c1-2-3-4-11(16)7-5-10-6-8-12(14)13(15)9-10/h6,8-9H,2-4H2,1H3. The van der Waals surface area contributed by atoms with Crippen molar-refractivity contribution < 1.29 is 13.6 Å². The number of hydrogen-bond donors (Lipinski definition) is 0. The van der Waals surface area contributed by atoms with Crippen LogP contribution >= 0.6 is 0 Å². The molecule has 1 aromatic rings. The number of hydrogen-bond acceptors (Lipinski definition) is 1. The van der Waals surface area contributed by atoms with Crippen molar-refractivity contribution in [3.63, 3.8) is 0 Å². The van der Waals surface area contributed by atoms with Crippen molar-refractivity contribution in [2.24, 2.45) is 0 Å². The fourth-order valence-electron chi connectivity index (χ4n) is 1.12. The Balaban J connectivity index is 2.69. The van der Waals surface area contributed by atoms with Gasteiger partial charge in [0.1, 0.15) is 0 Å². The third-order valence-electron chi connectivity index (χ3n) is 2.02. The first-order valence-electron chi connectivity index (χ1n) is 5.13. The fourth-order valence-corrected chi connectivity index (χ4v) is 1.12. The minimum absolute atomic E-state index is 0.174. The van der Waals surface area contributed by atoms with Gasteiger partial charge in [-0.05, 0) is 30.5 Å². The average molecular weight is 222 g/mol. The Morgan fingerprint density at radius 2 is 2.06 bits per heavy atom. The number of ketones is 1. The summed E-state index contributed by atoms with van der Waals surface area (Å²) in [4.78, 5) is 11.2. The molecule has 0 saturated carbocycles. The molecule has 0 fully saturated rings. The van der Waals surface area contributed by atoms with Crippen molar-refractivity contribution in [2.45, 2.75) is 26.2 Å². The van der Waals surface area contributed by atoms with E-state index >= 15 is 0 Å². The zero-order chi connectivity index (χ0) is 12.0. The van der Waals surface area contributed by atoms with E-state index in [4.69, 9.17) is 0 Å². The third-order valence-corrected chi connectivity index (χ3v) is 2.02. The van der Waals surface area contributed by atoms with Gasteiger partial charge in [-0.1, -0.05) is 19.3 Å². The molecule has 0 spiro atoms. The van der Waals surface area contributed by atoms with Crippen molar-refractivity contribution in [3.8, 4) is 11.8 Å². The van der Waals surface area contributed by atoms with E-state index in [1.54, 1.807) is 0 Å². The molecule has 0 bridgehead atoms. The normalized spacial score (nSPS) is 9.44. The number of unbranched alkanes of at least 4 members (excludes halogenated alkanes) is 1. The van der Waals surface area contributed by atoms with Gasteiger partial charge in [0.25, 0.3) is 0 Å². The Morgan fingerprint density at radius 3 is 2.69 bits per heavy atom. The van der Waals surface area contributed by atoms with E-state index in [2.05, 4.69) is 11.8 Å². The maximum Gasteiger partial charge on any atom is 0.205 e. The summed E-state index contributed by atoms with van der Waals surface area (Å²) < 4.78 is 25.4. The van der Waals surface area contributed by atoms with Crippen LogP contribution < -0.4 is 0 Å². The summed E-state index contributed by atoms with van der Waals surface area (Å²) in [5.74, 6) is 2.88. The summed E-state index contributed by atoms with van der Waals surface area (Å²) in [7, 11) is 0. The van der Waals surface area contributed by atoms with Crippen LogP contribution in [0.2, 0.25) is 0 Å². The Bertz CT molecular complexity index is 441. The molecule has 16 heavy (non-hydrogen) atoms. The number of carbonyl (C=O) groups excluding carboxylic acids is 1. The van der Waals surface area contributed by atoms with Crippen molar-refractivity contribution in [1.29, 1.82) is 0 Å². The Morgan fingerprint density at radius 1 is 1.31 bits per heavy atom. The van der Waals surface area contributed by atoms with Gasteiger partial charge in [0, 0.05) is 12.0 Å². The smallest absolute Gasteiger partial charge is 0.205 e. The van der Waals surface area contributed by atoms with E-state index in [9.17, 15) is 13.6 Å². The zero-order valence-electron chi connectivity index (χ0n) is 9.02. The van der Waals surface area contributed by atoms with Crippen molar-refractivity contribution in [3.05, 3.63) is 35.4 Å². The molecule has 1 nitrogen and oxygen atoms in total. The first-order chi connectivity index (χ1) is 7.63. The number of rotatable bonds is 3. The van der Waals surface area contributed by atoms with Gasteiger partial charge >= 0.3 is 0 Å². The summed E-state index contributed by atoms with van der Waals surface area (Å²) in [5, 5.41) is 0. The molecule has 0 radical (unpaired) electrons. The van der Waals surface area contributed by atoms with Gasteiger partial charge in [-0.15, -0.1) is 0 Å². The quantitative estimate of drug-likeness (QED) is 0.718. The van der Waals surface area contributed by atoms with Gasteiger partial charge in [0.05, 0.1) is 0 Å². The molecule has 0 aliphatic carbocycles. The minimum atomic E-state index is -0.951. The number of Topliss-reactive ketones (excluding diaryl/α,β-unsaturated/α-hetero) is 1. The monoisotopic (exact) mass is 222 g/mol. The van der Waals surface area contributed by atoms with Gasteiger partial charge in [-0.25, -0.2) is 8.78 Å². The molecule has 0 aromatic heterocycles. The van der Waals surface area contributed by atoms with E-state index in [1.807, 2.05) is 6.92 Å². The van der Waals surface area contributed by atoms with Crippen molar-refractivity contribution >= 4 is 5.78 Å². The summed E-state index contributed by atoms with van der Waals surface area (Å²) in [6.45, 7) is 1.98. The number of carbonyl (C=O) groups is 1. The van der Waals surface area contributed by atoms with E-state index in [0.29, 0.717) is 12.0 Å². The molecule has 0 atom stereocenters. The highest BCUT2D eigenvalue weighted by Crippen LogP contribution is 2.07. The molecule has 0 heterocycles. The second-order valence-corrected chi connectivity index (χ2v) is 3.41. The molecule has 0 N–H and O–H groups in total. The maximum atomic E-state index is 12.8. The lowest BCUT2D eigenvalue weighted by atomic mass is 10.1. The highest BCUT2D eigenvalue weighted by Gasteiger charge is 2.00. The molecule has 3 heteroatoms. The summed E-state index contributed by atoms with van der Waals surface area (Å²) in [6.07, 6.45) is 2.14. The lowest BCUT2D eigenvalue weighted by Gasteiger charge is -1.93. The van der Waals surface area contributed by atoms with E-state index in [1.165, 1.54) is 6.07 Å². The predicted octanol–water partition coefficient (Wildman–Crippen LogP) is 3.08. The number of benzene rings is 1. The summed E-state index contributed by atoms with van der Waals surface area (Å²) in [6, 6.07) is 3.32. The van der Waals surface area contributed by atoms with Gasteiger partial charge in [-0.2, -0.15) is 0 Å². The second kappa shape index (κ2) is 6.02. The van der Waals surface area contributed by atoms with Crippen LogP contribution in [0.1, 0.15) is 31.7 Å². The van der Waals surface area contributed by atoms with Crippen LogP contribution in [0.25, 0.3) is 0 Å². The Hall–Kier alpha value is -1.69.